The summed E-state index contributed by atoms with van der Waals surface area (Å²) in [7, 11) is 0.168. The quantitative estimate of drug-likeness (QED) is 0.487. The lowest BCUT2D eigenvalue weighted by Crippen LogP contribution is -2.14. The Labute approximate surface area is 110 Å². The summed E-state index contributed by atoms with van der Waals surface area (Å²) in [5, 5.41) is 10.7. The van der Waals surface area contributed by atoms with Crippen molar-refractivity contribution >= 4 is 25.4 Å². The summed E-state index contributed by atoms with van der Waals surface area (Å²) in [6.07, 6.45) is -5.08. The number of aryl methyl sites for hydroxylation is 1. The number of hydrogen-bond acceptors (Lipinski definition) is 4. The highest BCUT2D eigenvalue weighted by molar-refractivity contribution is 8.13. The zero-order valence-electron chi connectivity index (χ0n) is 9.36. The molecule has 0 aromatic heterocycles. The van der Waals surface area contributed by atoms with Gasteiger partial charge in [0, 0.05) is 16.7 Å². The Balaban J connectivity index is 3.88. The first-order valence-electron chi connectivity index (χ1n) is 4.81. The normalized spacial score (nSPS) is 12.5. The average molecular weight is 318 g/mol. The molecule has 0 aliphatic heterocycles. The Bertz CT molecular complexity index is 627. The maximum atomic E-state index is 12.8. The maximum Gasteiger partial charge on any atom is 0.424 e. The molecule has 5 nitrogen and oxygen atoms in total. The molecule has 0 atom stereocenters. The van der Waals surface area contributed by atoms with Gasteiger partial charge in [-0.15, -0.1) is 0 Å². The SMILES string of the molecule is CCc1cc([N+](=O)[O-])c(C(F)(F)F)c(S(=O)(=O)Cl)c1. The van der Waals surface area contributed by atoms with Crippen molar-refractivity contribution in [3.05, 3.63) is 33.4 Å². The van der Waals surface area contributed by atoms with E-state index in [9.17, 15) is 31.7 Å². The van der Waals surface area contributed by atoms with Crippen LogP contribution in [-0.4, -0.2) is 13.3 Å². The number of rotatable bonds is 3. The predicted molar refractivity (Wildman–Crippen MR) is 60.5 cm³/mol. The van der Waals surface area contributed by atoms with E-state index >= 15 is 0 Å². The Morgan fingerprint density at radius 3 is 2.21 bits per heavy atom. The van der Waals surface area contributed by atoms with Crippen molar-refractivity contribution in [2.75, 3.05) is 0 Å². The fourth-order valence-electron chi connectivity index (χ4n) is 1.48. The number of nitrogens with zero attached hydrogens (tertiary/aromatic N) is 1. The van der Waals surface area contributed by atoms with E-state index in [-0.39, 0.29) is 12.0 Å². The molecule has 10 heteroatoms. The molecular formula is C9H7ClF3NO4S. The van der Waals surface area contributed by atoms with Crippen LogP contribution in [-0.2, 0) is 21.6 Å². The molecule has 1 rings (SSSR count). The van der Waals surface area contributed by atoms with E-state index < -0.39 is 36.3 Å². The van der Waals surface area contributed by atoms with Gasteiger partial charge >= 0.3 is 6.18 Å². The molecule has 0 heterocycles. The number of benzene rings is 1. The van der Waals surface area contributed by atoms with E-state index in [4.69, 9.17) is 10.7 Å². The highest BCUT2D eigenvalue weighted by atomic mass is 35.7. The van der Waals surface area contributed by atoms with Crippen LogP contribution in [0.1, 0.15) is 18.1 Å². The highest BCUT2D eigenvalue weighted by Crippen LogP contribution is 2.42. The second-order valence-corrected chi connectivity index (χ2v) is 6.07. The van der Waals surface area contributed by atoms with Gasteiger partial charge in [-0.05, 0) is 18.1 Å². The van der Waals surface area contributed by atoms with E-state index in [1.807, 2.05) is 0 Å². The maximum absolute atomic E-state index is 12.8. The lowest BCUT2D eigenvalue weighted by molar-refractivity contribution is -0.388. The van der Waals surface area contributed by atoms with Crippen molar-refractivity contribution in [2.45, 2.75) is 24.4 Å². The van der Waals surface area contributed by atoms with Crippen molar-refractivity contribution in [3.8, 4) is 0 Å². The third-order valence-corrected chi connectivity index (χ3v) is 3.64. The van der Waals surface area contributed by atoms with Gasteiger partial charge in [0.15, 0.2) is 5.56 Å². The van der Waals surface area contributed by atoms with Crippen LogP contribution >= 0.6 is 10.7 Å². The summed E-state index contributed by atoms with van der Waals surface area (Å²) in [6, 6.07) is 1.38. The standard InChI is InChI=1S/C9H7ClF3NO4S/c1-2-5-3-6(14(15)16)8(9(11,12)13)7(4-5)19(10,17)18/h3-4H,2H2,1H3. The zero-order chi connectivity index (χ0) is 15.0. The molecule has 0 aliphatic carbocycles. The molecule has 0 bridgehead atoms. The Hall–Kier alpha value is -1.35. The highest BCUT2D eigenvalue weighted by Gasteiger charge is 2.44. The van der Waals surface area contributed by atoms with Crippen LogP contribution in [0, 0.1) is 10.1 Å². The predicted octanol–water partition coefficient (Wildman–Crippen LogP) is 3.10. The smallest absolute Gasteiger partial charge is 0.258 e. The summed E-state index contributed by atoms with van der Waals surface area (Å²) in [6.45, 7) is 1.51. The minimum atomic E-state index is -5.20. The molecule has 106 valence electrons. The molecule has 19 heavy (non-hydrogen) atoms. The van der Waals surface area contributed by atoms with E-state index in [0.717, 1.165) is 0 Å². The van der Waals surface area contributed by atoms with Gasteiger partial charge in [-0.1, -0.05) is 6.92 Å². The van der Waals surface area contributed by atoms with Gasteiger partial charge in [0.2, 0.25) is 0 Å². The van der Waals surface area contributed by atoms with Gasteiger partial charge < -0.3 is 0 Å². The van der Waals surface area contributed by atoms with E-state index in [1.165, 1.54) is 6.92 Å². The molecule has 0 amide bonds. The van der Waals surface area contributed by atoms with Crippen LogP contribution in [0.15, 0.2) is 17.0 Å². The lowest BCUT2D eigenvalue weighted by Gasteiger charge is -2.12. The Morgan fingerprint density at radius 1 is 1.37 bits per heavy atom. The van der Waals surface area contributed by atoms with Gasteiger partial charge in [0.05, 0.1) is 4.92 Å². The molecule has 0 unspecified atom stereocenters. The molecule has 0 saturated heterocycles. The number of alkyl halides is 3. The van der Waals surface area contributed by atoms with Crippen molar-refractivity contribution < 1.29 is 26.5 Å². The van der Waals surface area contributed by atoms with Crippen molar-refractivity contribution in [2.24, 2.45) is 0 Å². The third-order valence-electron chi connectivity index (χ3n) is 2.29. The first-order valence-corrected chi connectivity index (χ1v) is 7.12. The Kier molecular flexibility index (Phi) is 4.11. The third kappa shape index (κ3) is 3.35. The number of nitro groups is 1. The van der Waals surface area contributed by atoms with E-state index in [1.54, 1.807) is 0 Å². The first kappa shape index (κ1) is 15.7. The van der Waals surface area contributed by atoms with Gasteiger partial charge in [-0.2, -0.15) is 13.2 Å². The second-order valence-electron chi connectivity index (χ2n) is 3.53. The summed E-state index contributed by atoms with van der Waals surface area (Å²) in [5.74, 6) is 0. The summed E-state index contributed by atoms with van der Waals surface area (Å²) in [5.41, 5.74) is -3.12. The number of nitro benzene ring substituents is 1. The molecule has 1 aromatic rings. The second kappa shape index (κ2) is 4.97. The van der Waals surface area contributed by atoms with E-state index in [2.05, 4.69) is 0 Å². The van der Waals surface area contributed by atoms with E-state index in [0.29, 0.717) is 12.1 Å². The number of hydrogen-bond donors (Lipinski definition) is 0. The van der Waals surface area contributed by atoms with Crippen LogP contribution < -0.4 is 0 Å². The lowest BCUT2D eigenvalue weighted by atomic mass is 10.1. The zero-order valence-corrected chi connectivity index (χ0v) is 10.9. The van der Waals surface area contributed by atoms with Crippen LogP contribution in [0.5, 0.6) is 0 Å². The summed E-state index contributed by atoms with van der Waals surface area (Å²) in [4.78, 5) is 8.10. The molecule has 1 aromatic carbocycles. The molecule has 0 N–H and O–H groups in total. The van der Waals surface area contributed by atoms with Crippen molar-refractivity contribution in [1.82, 2.24) is 0 Å². The summed E-state index contributed by atoms with van der Waals surface area (Å²) >= 11 is 0. The Morgan fingerprint density at radius 2 is 1.89 bits per heavy atom. The molecule has 0 fully saturated rings. The molecule has 0 aliphatic rings. The average Bonchev–Trinajstić information content (AvgIpc) is 2.24. The minimum absolute atomic E-state index is 0.0684. The van der Waals surface area contributed by atoms with Gasteiger partial charge in [0.25, 0.3) is 14.7 Å². The van der Waals surface area contributed by atoms with Crippen LogP contribution in [0.2, 0.25) is 0 Å². The molecule has 0 radical (unpaired) electrons. The topological polar surface area (TPSA) is 77.3 Å². The van der Waals surface area contributed by atoms with Crippen LogP contribution in [0.25, 0.3) is 0 Å². The van der Waals surface area contributed by atoms with Gasteiger partial charge in [-0.25, -0.2) is 8.42 Å². The van der Waals surface area contributed by atoms with Gasteiger partial charge in [0.1, 0.15) is 4.90 Å². The molecule has 0 saturated carbocycles. The minimum Gasteiger partial charge on any atom is -0.258 e. The monoisotopic (exact) mass is 317 g/mol. The molecule has 0 spiro atoms. The van der Waals surface area contributed by atoms with Crippen molar-refractivity contribution in [3.63, 3.8) is 0 Å². The fourth-order valence-corrected chi connectivity index (χ4v) is 2.60. The van der Waals surface area contributed by atoms with Crippen LogP contribution in [0.4, 0.5) is 18.9 Å². The van der Waals surface area contributed by atoms with Crippen LogP contribution in [0.3, 0.4) is 0 Å². The fraction of sp³-hybridized carbons (Fsp3) is 0.333. The first-order chi connectivity index (χ1) is 8.48. The van der Waals surface area contributed by atoms with Crippen molar-refractivity contribution in [1.29, 1.82) is 0 Å². The molecular weight excluding hydrogens is 311 g/mol. The number of halogens is 4. The summed E-state index contributed by atoms with van der Waals surface area (Å²) < 4.78 is 60.8. The van der Waals surface area contributed by atoms with Gasteiger partial charge in [-0.3, -0.25) is 10.1 Å². The largest absolute Gasteiger partial charge is 0.424 e.